The number of rotatable bonds is 2. The summed E-state index contributed by atoms with van der Waals surface area (Å²) >= 11 is 0. The van der Waals surface area contributed by atoms with Gasteiger partial charge in [-0.3, -0.25) is 9.59 Å². The summed E-state index contributed by atoms with van der Waals surface area (Å²) in [5.41, 5.74) is 3.37. The van der Waals surface area contributed by atoms with Crippen molar-refractivity contribution >= 4 is 23.2 Å². The largest absolute Gasteiger partial charge is 0.368 e. The third-order valence-electron chi connectivity index (χ3n) is 4.66. The Kier molecular flexibility index (Phi) is 4.52. The van der Waals surface area contributed by atoms with Gasteiger partial charge in [0.15, 0.2) is 0 Å². The third kappa shape index (κ3) is 3.89. The van der Waals surface area contributed by atoms with Gasteiger partial charge in [0.1, 0.15) is 0 Å². The summed E-state index contributed by atoms with van der Waals surface area (Å²) < 4.78 is 0. The second-order valence-corrected chi connectivity index (χ2v) is 7.99. The maximum absolute atomic E-state index is 12.3. The van der Waals surface area contributed by atoms with E-state index in [0.717, 1.165) is 38.3 Å². The Hall–Kier alpha value is -2.04. The quantitative estimate of drug-likeness (QED) is 0.907. The first-order valence-electron chi connectivity index (χ1n) is 8.77. The molecule has 0 radical (unpaired) electrons. The molecule has 2 amide bonds. The van der Waals surface area contributed by atoms with Crippen LogP contribution in [0.3, 0.4) is 0 Å². The van der Waals surface area contributed by atoms with Gasteiger partial charge in [-0.15, -0.1) is 0 Å². The minimum Gasteiger partial charge on any atom is -0.368 e. The van der Waals surface area contributed by atoms with E-state index < -0.39 is 0 Å². The Morgan fingerprint density at radius 1 is 1.12 bits per heavy atom. The van der Waals surface area contributed by atoms with Crippen LogP contribution in [-0.4, -0.2) is 42.9 Å². The molecule has 5 nitrogen and oxygen atoms in total. The lowest BCUT2D eigenvalue weighted by molar-refractivity contribution is -0.133. The third-order valence-corrected chi connectivity index (χ3v) is 4.66. The molecule has 1 fully saturated rings. The lowest BCUT2D eigenvalue weighted by Gasteiger charge is -2.37. The minimum atomic E-state index is 0.0388. The lowest BCUT2D eigenvalue weighted by Crippen LogP contribution is -2.49. The Balaban J connectivity index is 1.61. The number of carbonyl (C=O) groups is 2. The number of piperazine rings is 1. The van der Waals surface area contributed by atoms with Gasteiger partial charge in [0.25, 0.3) is 0 Å². The first kappa shape index (κ1) is 16.8. The maximum atomic E-state index is 12.3. The molecule has 2 heterocycles. The average Bonchev–Trinajstić information content (AvgIpc) is 2.53. The number of hydrogen-bond donors (Lipinski definition) is 1. The summed E-state index contributed by atoms with van der Waals surface area (Å²) in [6.45, 7) is 9.60. The van der Waals surface area contributed by atoms with Gasteiger partial charge in [0.2, 0.25) is 11.8 Å². The molecule has 2 aliphatic heterocycles. The van der Waals surface area contributed by atoms with Crippen LogP contribution < -0.4 is 10.2 Å². The van der Waals surface area contributed by atoms with Gasteiger partial charge in [-0.05, 0) is 35.6 Å². The van der Waals surface area contributed by atoms with E-state index in [-0.39, 0.29) is 17.2 Å². The molecule has 24 heavy (non-hydrogen) atoms. The summed E-state index contributed by atoms with van der Waals surface area (Å²) in [5.74, 6) is 0.358. The van der Waals surface area contributed by atoms with Gasteiger partial charge in [-0.1, -0.05) is 20.8 Å². The van der Waals surface area contributed by atoms with Crippen LogP contribution >= 0.6 is 0 Å². The summed E-state index contributed by atoms with van der Waals surface area (Å²) in [4.78, 5) is 28.1. The highest BCUT2D eigenvalue weighted by atomic mass is 16.2. The van der Waals surface area contributed by atoms with Crippen molar-refractivity contribution in [2.75, 3.05) is 36.4 Å². The van der Waals surface area contributed by atoms with Gasteiger partial charge in [-0.25, -0.2) is 0 Å². The van der Waals surface area contributed by atoms with Gasteiger partial charge in [0, 0.05) is 50.4 Å². The van der Waals surface area contributed by atoms with Crippen molar-refractivity contribution in [2.45, 2.75) is 40.0 Å². The van der Waals surface area contributed by atoms with Crippen molar-refractivity contribution in [2.24, 2.45) is 5.41 Å². The first-order chi connectivity index (χ1) is 11.3. The minimum absolute atomic E-state index is 0.0388. The van der Waals surface area contributed by atoms with Gasteiger partial charge < -0.3 is 15.1 Å². The SMILES string of the molecule is CC(C)(C)CC(=O)N1CCN(c2ccc3c(c2)CCC(=O)N3)CC1. The van der Waals surface area contributed by atoms with Crippen molar-refractivity contribution in [1.82, 2.24) is 4.90 Å². The molecule has 1 saturated heterocycles. The van der Waals surface area contributed by atoms with Crippen LogP contribution in [0.25, 0.3) is 0 Å². The van der Waals surface area contributed by atoms with E-state index in [1.54, 1.807) is 0 Å². The number of anilines is 2. The van der Waals surface area contributed by atoms with Crippen LogP contribution in [-0.2, 0) is 16.0 Å². The van der Waals surface area contributed by atoms with E-state index in [0.29, 0.717) is 12.8 Å². The zero-order chi connectivity index (χ0) is 17.3. The molecule has 0 atom stereocenters. The number of carbonyl (C=O) groups excluding carboxylic acids is 2. The highest BCUT2D eigenvalue weighted by Gasteiger charge is 2.25. The predicted octanol–water partition coefficient (Wildman–Crippen LogP) is 2.66. The molecular weight excluding hydrogens is 302 g/mol. The first-order valence-corrected chi connectivity index (χ1v) is 8.77. The summed E-state index contributed by atoms with van der Waals surface area (Å²) in [7, 11) is 0. The van der Waals surface area contributed by atoms with Crippen LogP contribution in [0.5, 0.6) is 0 Å². The lowest BCUT2D eigenvalue weighted by atomic mass is 9.91. The molecule has 130 valence electrons. The molecule has 0 saturated carbocycles. The fraction of sp³-hybridized carbons (Fsp3) is 0.579. The van der Waals surface area contributed by atoms with Crippen molar-refractivity contribution in [3.63, 3.8) is 0 Å². The number of amides is 2. The van der Waals surface area contributed by atoms with Crippen molar-refractivity contribution in [3.8, 4) is 0 Å². The number of hydrogen-bond acceptors (Lipinski definition) is 3. The molecule has 1 N–H and O–H groups in total. The monoisotopic (exact) mass is 329 g/mol. The van der Waals surface area contributed by atoms with E-state index in [1.165, 1.54) is 11.3 Å². The van der Waals surface area contributed by atoms with Crippen LogP contribution in [0, 0.1) is 5.41 Å². The maximum Gasteiger partial charge on any atom is 0.224 e. The molecule has 0 spiro atoms. The van der Waals surface area contributed by atoms with E-state index in [4.69, 9.17) is 0 Å². The standard InChI is InChI=1S/C19H27N3O2/c1-19(2,3)13-18(24)22-10-8-21(9-11-22)15-5-6-16-14(12-15)4-7-17(23)20-16/h5-6,12H,4,7-11,13H2,1-3H3,(H,20,23). The highest BCUT2D eigenvalue weighted by molar-refractivity contribution is 5.94. The fourth-order valence-corrected chi connectivity index (χ4v) is 3.35. The zero-order valence-electron chi connectivity index (χ0n) is 14.9. The van der Waals surface area contributed by atoms with Gasteiger partial charge >= 0.3 is 0 Å². The Morgan fingerprint density at radius 3 is 2.50 bits per heavy atom. The Bertz CT molecular complexity index is 641. The van der Waals surface area contributed by atoms with E-state index in [9.17, 15) is 9.59 Å². The van der Waals surface area contributed by atoms with Crippen molar-refractivity contribution < 1.29 is 9.59 Å². The summed E-state index contributed by atoms with van der Waals surface area (Å²) in [6.07, 6.45) is 1.97. The molecule has 3 rings (SSSR count). The molecular formula is C19H27N3O2. The number of aryl methyl sites for hydroxylation is 1. The van der Waals surface area contributed by atoms with E-state index >= 15 is 0 Å². The zero-order valence-corrected chi connectivity index (χ0v) is 14.9. The normalized spacial score (nSPS) is 18.2. The van der Waals surface area contributed by atoms with Crippen molar-refractivity contribution in [3.05, 3.63) is 23.8 Å². The molecule has 0 unspecified atom stereocenters. The Labute approximate surface area is 144 Å². The molecule has 0 aromatic heterocycles. The summed E-state index contributed by atoms with van der Waals surface area (Å²) in [6, 6.07) is 6.25. The number of nitrogens with one attached hydrogen (secondary N) is 1. The van der Waals surface area contributed by atoms with Crippen LogP contribution in [0.4, 0.5) is 11.4 Å². The molecule has 0 bridgehead atoms. The molecule has 2 aliphatic rings. The fourth-order valence-electron chi connectivity index (χ4n) is 3.35. The topological polar surface area (TPSA) is 52.7 Å². The summed E-state index contributed by atoms with van der Waals surface area (Å²) in [5, 5.41) is 2.92. The van der Waals surface area contributed by atoms with E-state index in [1.807, 2.05) is 11.0 Å². The molecule has 5 heteroatoms. The Morgan fingerprint density at radius 2 is 1.83 bits per heavy atom. The number of fused-ring (bicyclic) bond motifs is 1. The van der Waals surface area contributed by atoms with Gasteiger partial charge in [-0.2, -0.15) is 0 Å². The average molecular weight is 329 g/mol. The van der Waals surface area contributed by atoms with Gasteiger partial charge in [0.05, 0.1) is 0 Å². The number of nitrogens with zero attached hydrogens (tertiary/aromatic N) is 2. The van der Waals surface area contributed by atoms with Crippen LogP contribution in [0.2, 0.25) is 0 Å². The smallest absolute Gasteiger partial charge is 0.224 e. The second-order valence-electron chi connectivity index (χ2n) is 7.99. The highest BCUT2D eigenvalue weighted by Crippen LogP contribution is 2.28. The molecule has 1 aromatic carbocycles. The van der Waals surface area contributed by atoms with E-state index in [2.05, 4.69) is 43.1 Å². The predicted molar refractivity (Wildman–Crippen MR) is 96.3 cm³/mol. The number of benzene rings is 1. The second kappa shape index (κ2) is 6.46. The van der Waals surface area contributed by atoms with Crippen LogP contribution in [0.15, 0.2) is 18.2 Å². The molecule has 0 aliphatic carbocycles. The van der Waals surface area contributed by atoms with Crippen molar-refractivity contribution in [1.29, 1.82) is 0 Å². The van der Waals surface area contributed by atoms with Crippen LogP contribution in [0.1, 0.15) is 39.2 Å². The molecule has 1 aromatic rings.